The molecule has 0 aromatic carbocycles. The molecular weight excluding hydrogens is 322 g/mol. The van der Waals surface area contributed by atoms with E-state index in [4.69, 9.17) is 14.2 Å². The summed E-state index contributed by atoms with van der Waals surface area (Å²) < 4.78 is 18.1. The summed E-state index contributed by atoms with van der Waals surface area (Å²) in [5, 5.41) is 0. The third kappa shape index (κ3) is 2.52. The van der Waals surface area contributed by atoms with Gasteiger partial charge in [0.05, 0.1) is 17.7 Å². The van der Waals surface area contributed by atoms with Gasteiger partial charge in [-0.3, -0.25) is 4.79 Å². The van der Waals surface area contributed by atoms with E-state index >= 15 is 0 Å². The van der Waals surface area contributed by atoms with Gasteiger partial charge in [0, 0.05) is 13.3 Å². The Labute approximate surface area is 148 Å². The Morgan fingerprint density at radius 2 is 1.72 bits per heavy atom. The Morgan fingerprint density at radius 1 is 1.12 bits per heavy atom. The summed E-state index contributed by atoms with van der Waals surface area (Å²) in [5.74, 6) is 2.17. The van der Waals surface area contributed by atoms with Gasteiger partial charge in [-0.15, -0.1) is 0 Å². The van der Waals surface area contributed by atoms with Crippen molar-refractivity contribution in [1.82, 2.24) is 4.90 Å². The van der Waals surface area contributed by atoms with Crippen LogP contribution in [0.5, 0.6) is 0 Å². The summed E-state index contributed by atoms with van der Waals surface area (Å²) in [7, 11) is 0. The van der Waals surface area contributed by atoms with E-state index in [2.05, 4.69) is 0 Å². The molecule has 2 aliphatic heterocycles. The van der Waals surface area contributed by atoms with Gasteiger partial charge in [0.1, 0.15) is 0 Å². The third-order valence-electron chi connectivity index (χ3n) is 7.11. The van der Waals surface area contributed by atoms with Gasteiger partial charge in [0.2, 0.25) is 5.91 Å². The first-order valence-corrected chi connectivity index (χ1v) is 9.76. The molecule has 6 fully saturated rings. The van der Waals surface area contributed by atoms with E-state index in [1.165, 1.54) is 31.1 Å². The number of fused-ring (bicyclic) bond motifs is 1. The van der Waals surface area contributed by atoms with E-state index in [-0.39, 0.29) is 36.0 Å². The van der Waals surface area contributed by atoms with E-state index in [1.54, 1.807) is 0 Å². The maximum atomic E-state index is 12.0. The van der Waals surface area contributed by atoms with Gasteiger partial charge in [-0.25, -0.2) is 9.69 Å². The number of hydrogen-bond acceptors (Lipinski definition) is 5. The topological polar surface area (TPSA) is 65.1 Å². The summed E-state index contributed by atoms with van der Waals surface area (Å²) in [6, 6.07) is -0.271. The van der Waals surface area contributed by atoms with Gasteiger partial charge in [-0.1, -0.05) is 0 Å². The summed E-state index contributed by atoms with van der Waals surface area (Å²) in [6.07, 6.45) is 6.52. The van der Waals surface area contributed by atoms with Gasteiger partial charge >= 0.3 is 6.09 Å². The van der Waals surface area contributed by atoms with E-state index in [1.807, 2.05) is 6.92 Å². The maximum Gasteiger partial charge on any atom is 0.417 e. The highest BCUT2D eigenvalue weighted by molar-refractivity contribution is 5.92. The lowest BCUT2D eigenvalue weighted by Gasteiger charge is -2.57. The summed E-state index contributed by atoms with van der Waals surface area (Å²) in [5.41, 5.74) is -0.0451. The monoisotopic (exact) mass is 349 g/mol. The van der Waals surface area contributed by atoms with Gasteiger partial charge in [-0.05, 0) is 63.2 Å². The van der Waals surface area contributed by atoms with Gasteiger partial charge < -0.3 is 14.2 Å². The zero-order valence-corrected chi connectivity index (χ0v) is 15.0. The van der Waals surface area contributed by atoms with Crippen molar-refractivity contribution in [3.63, 3.8) is 0 Å². The van der Waals surface area contributed by atoms with E-state index in [9.17, 15) is 9.59 Å². The molecule has 4 atom stereocenters. The smallest absolute Gasteiger partial charge is 0.417 e. The molecule has 6 aliphatic rings. The Hall–Kier alpha value is -1.14. The van der Waals surface area contributed by atoms with Crippen molar-refractivity contribution in [3.8, 4) is 0 Å². The van der Waals surface area contributed by atoms with Crippen LogP contribution in [0.25, 0.3) is 0 Å². The standard InChI is InChI=1S/C19H27NO5/c1-10-17-15(20(11(2)21)18(22)24-17)6-16(23-10)25-19-7-12-3-13(8-19)5-14(4-12)9-19/h10,12-17H,3-9H2,1-2H3/t10-,12?,13?,14?,15+,16-,17-,19?/m0/s1. The fourth-order valence-corrected chi connectivity index (χ4v) is 6.64. The molecule has 138 valence electrons. The Bertz CT molecular complexity index is 569. The van der Waals surface area contributed by atoms with Crippen LogP contribution in [0.4, 0.5) is 4.79 Å². The quantitative estimate of drug-likeness (QED) is 0.767. The van der Waals surface area contributed by atoms with Crippen molar-refractivity contribution in [3.05, 3.63) is 0 Å². The second-order valence-corrected chi connectivity index (χ2v) is 9.03. The minimum Gasteiger partial charge on any atom is -0.441 e. The predicted molar refractivity (Wildman–Crippen MR) is 87.5 cm³/mol. The first-order valence-electron chi connectivity index (χ1n) is 9.76. The van der Waals surface area contributed by atoms with Crippen molar-refractivity contribution in [2.45, 2.75) is 88.9 Å². The lowest BCUT2D eigenvalue weighted by atomic mass is 9.54. The van der Waals surface area contributed by atoms with Crippen molar-refractivity contribution < 1.29 is 23.8 Å². The van der Waals surface area contributed by atoms with Crippen LogP contribution in [-0.2, 0) is 19.0 Å². The number of rotatable bonds is 2. The van der Waals surface area contributed by atoms with Crippen molar-refractivity contribution >= 4 is 12.0 Å². The van der Waals surface area contributed by atoms with Crippen LogP contribution in [0, 0.1) is 17.8 Å². The molecule has 2 saturated heterocycles. The average molecular weight is 349 g/mol. The molecule has 2 heterocycles. The minimum absolute atomic E-state index is 0.0451. The molecule has 6 heteroatoms. The SMILES string of the molecule is CC(=O)N1C(=O)O[C@H]2[C@H](C)O[C@@H](OC34CC5CC(CC(C5)C3)C4)C[C@H]21. The molecular formula is C19H27NO5. The van der Waals surface area contributed by atoms with Crippen LogP contribution in [0.2, 0.25) is 0 Å². The third-order valence-corrected chi connectivity index (χ3v) is 7.11. The number of amides is 2. The molecule has 0 spiro atoms. The largest absolute Gasteiger partial charge is 0.441 e. The predicted octanol–water partition coefficient (Wildman–Crippen LogP) is 2.84. The molecule has 0 N–H and O–H groups in total. The number of carbonyl (C=O) groups is 2. The fourth-order valence-electron chi connectivity index (χ4n) is 6.64. The lowest BCUT2D eigenvalue weighted by Crippen LogP contribution is -2.57. The van der Waals surface area contributed by atoms with Crippen LogP contribution < -0.4 is 0 Å². The second kappa shape index (κ2) is 5.43. The molecule has 0 aromatic heterocycles. The fraction of sp³-hybridized carbons (Fsp3) is 0.895. The maximum absolute atomic E-state index is 12.0. The molecule has 4 bridgehead atoms. The number of hydrogen-bond donors (Lipinski definition) is 0. The second-order valence-electron chi connectivity index (χ2n) is 9.03. The Kier molecular flexibility index (Phi) is 3.49. The first-order chi connectivity index (χ1) is 11.9. The number of ether oxygens (including phenoxy) is 3. The van der Waals surface area contributed by atoms with Gasteiger partial charge in [0.25, 0.3) is 0 Å². The van der Waals surface area contributed by atoms with Gasteiger partial charge in [0.15, 0.2) is 12.4 Å². The lowest BCUT2D eigenvalue weighted by molar-refractivity contribution is -0.290. The highest BCUT2D eigenvalue weighted by atomic mass is 16.7. The van der Waals surface area contributed by atoms with E-state index in [0.717, 1.165) is 37.0 Å². The number of imide groups is 1. The highest BCUT2D eigenvalue weighted by Crippen LogP contribution is 2.57. The molecule has 25 heavy (non-hydrogen) atoms. The molecule has 0 unspecified atom stereocenters. The van der Waals surface area contributed by atoms with E-state index in [0.29, 0.717) is 6.42 Å². The first kappa shape index (κ1) is 16.1. The van der Waals surface area contributed by atoms with Crippen molar-refractivity contribution in [1.29, 1.82) is 0 Å². The zero-order chi connectivity index (χ0) is 17.3. The Balaban J connectivity index is 1.34. The molecule has 4 aliphatic carbocycles. The molecule has 6 nitrogen and oxygen atoms in total. The van der Waals surface area contributed by atoms with Crippen molar-refractivity contribution in [2.75, 3.05) is 0 Å². The minimum atomic E-state index is -0.548. The normalized spacial score (nSPS) is 50.7. The summed E-state index contributed by atoms with van der Waals surface area (Å²) in [4.78, 5) is 25.2. The van der Waals surface area contributed by atoms with E-state index < -0.39 is 6.09 Å². The van der Waals surface area contributed by atoms with Crippen LogP contribution in [-0.4, -0.2) is 47.0 Å². The highest BCUT2D eigenvalue weighted by Gasteiger charge is 2.56. The van der Waals surface area contributed by atoms with Crippen molar-refractivity contribution in [2.24, 2.45) is 17.8 Å². The van der Waals surface area contributed by atoms with Crippen LogP contribution >= 0.6 is 0 Å². The van der Waals surface area contributed by atoms with Crippen LogP contribution in [0.3, 0.4) is 0 Å². The molecule has 2 amide bonds. The van der Waals surface area contributed by atoms with Gasteiger partial charge in [-0.2, -0.15) is 0 Å². The Morgan fingerprint density at radius 3 is 2.28 bits per heavy atom. The molecule has 0 aromatic rings. The zero-order valence-electron chi connectivity index (χ0n) is 15.0. The summed E-state index contributed by atoms with van der Waals surface area (Å²) in [6.45, 7) is 3.32. The van der Waals surface area contributed by atoms with Crippen LogP contribution in [0.1, 0.15) is 58.8 Å². The number of nitrogens with zero attached hydrogens (tertiary/aromatic N) is 1. The summed E-state index contributed by atoms with van der Waals surface area (Å²) >= 11 is 0. The molecule has 4 saturated carbocycles. The molecule has 0 radical (unpaired) electrons. The van der Waals surface area contributed by atoms with Crippen LogP contribution in [0.15, 0.2) is 0 Å². The molecule has 6 rings (SSSR count). The number of carbonyl (C=O) groups excluding carboxylic acids is 2. The average Bonchev–Trinajstić information content (AvgIpc) is 2.82.